The maximum atomic E-state index is 12.3. The number of hydrogen-bond donors (Lipinski definition) is 2. The monoisotopic (exact) mass is 455 g/mol. The molecule has 0 aliphatic carbocycles. The number of rotatable bonds is 9. The Hall–Kier alpha value is -2.94. The van der Waals surface area contributed by atoms with Crippen molar-refractivity contribution in [1.29, 1.82) is 0 Å². The van der Waals surface area contributed by atoms with Gasteiger partial charge in [-0.05, 0) is 49.7 Å². The molecule has 0 spiro atoms. The molecule has 8 nitrogen and oxygen atoms in total. The number of ether oxygens (including phenoxy) is 1. The summed E-state index contributed by atoms with van der Waals surface area (Å²) >= 11 is 6.41. The number of morpholine rings is 1. The van der Waals surface area contributed by atoms with Crippen LogP contribution in [-0.2, 0) is 4.74 Å². The van der Waals surface area contributed by atoms with E-state index in [4.69, 9.17) is 20.8 Å². The molecular formula is C23H26ClN5O3. The summed E-state index contributed by atoms with van der Waals surface area (Å²) in [6.45, 7) is 5.50. The van der Waals surface area contributed by atoms with Crippen LogP contribution in [0.1, 0.15) is 23.2 Å². The number of unbranched alkanes of at least 4 members (excludes halogenated alkanes) is 1. The van der Waals surface area contributed by atoms with Crippen molar-refractivity contribution in [3.8, 4) is 11.5 Å². The summed E-state index contributed by atoms with van der Waals surface area (Å²) in [5.74, 6) is 0.124. The normalized spacial score (nSPS) is 14.3. The molecule has 2 aromatic carbocycles. The molecule has 1 saturated heterocycles. The van der Waals surface area contributed by atoms with Crippen molar-refractivity contribution in [1.82, 2.24) is 15.1 Å². The Bertz CT molecular complexity index is 1020. The van der Waals surface area contributed by atoms with Crippen LogP contribution in [0.5, 0.6) is 0 Å². The van der Waals surface area contributed by atoms with Gasteiger partial charge in [-0.25, -0.2) is 0 Å². The molecule has 3 aromatic rings. The van der Waals surface area contributed by atoms with E-state index in [1.54, 1.807) is 30.3 Å². The Morgan fingerprint density at radius 2 is 1.88 bits per heavy atom. The third kappa shape index (κ3) is 6.06. The van der Waals surface area contributed by atoms with E-state index in [9.17, 15) is 4.79 Å². The Morgan fingerprint density at radius 1 is 1.06 bits per heavy atom. The largest absolute Gasteiger partial charge is 0.403 e. The van der Waals surface area contributed by atoms with E-state index < -0.39 is 0 Å². The molecule has 0 radical (unpaired) electrons. The summed E-state index contributed by atoms with van der Waals surface area (Å²) in [7, 11) is 0. The SMILES string of the molecule is O=C(Nc1ccc(-c2nnc(NCCCCN3CCOCC3)o2)c(Cl)c1)c1ccccc1. The first-order valence-electron chi connectivity index (χ1n) is 10.7. The highest BCUT2D eigenvalue weighted by Gasteiger charge is 2.14. The number of amides is 1. The fourth-order valence-corrected chi connectivity index (χ4v) is 3.70. The van der Waals surface area contributed by atoms with Crippen molar-refractivity contribution in [2.75, 3.05) is 50.0 Å². The number of carbonyl (C=O) groups is 1. The summed E-state index contributed by atoms with van der Waals surface area (Å²) < 4.78 is 11.1. The molecule has 2 heterocycles. The molecule has 1 amide bonds. The molecule has 9 heteroatoms. The molecular weight excluding hydrogens is 430 g/mol. The number of benzene rings is 2. The average molecular weight is 456 g/mol. The van der Waals surface area contributed by atoms with Gasteiger partial charge >= 0.3 is 6.01 Å². The number of anilines is 2. The van der Waals surface area contributed by atoms with Crippen LogP contribution in [0.3, 0.4) is 0 Å². The van der Waals surface area contributed by atoms with Gasteiger partial charge in [0.15, 0.2) is 0 Å². The van der Waals surface area contributed by atoms with Gasteiger partial charge in [0.1, 0.15) is 0 Å². The molecule has 1 aromatic heterocycles. The van der Waals surface area contributed by atoms with Gasteiger partial charge in [0, 0.05) is 30.9 Å². The van der Waals surface area contributed by atoms with Crippen molar-refractivity contribution in [3.05, 3.63) is 59.1 Å². The van der Waals surface area contributed by atoms with E-state index >= 15 is 0 Å². The summed E-state index contributed by atoms with van der Waals surface area (Å²) in [4.78, 5) is 14.7. The third-order valence-electron chi connectivity index (χ3n) is 5.20. The summed E-state index contributed by atoms with van der Waals surface area (Å²) in [5, 5.41) is 14.5. The molecule has 168 valence electrons. The first-order chi connectivity index (χ1) is 15.7. The van der Waals surface area contributed by atoms with Crippen LogP contribution >= 0.6 is 11.6 Å². The molecule has 0 unspecified atom stereocenters. The molecule has 1 aliphatic heterocycles. The second-order valence-corrected chi connectivity index (χ2v) is 7.92. The van der Waals surface area contributed by atoms with Crippen molar-refractivity contribution in [2.24, 2.45) is 0 Å². The Kier molecular flexibility index (Phi) is 7.71. The van der Waals surface area contributed by atoms with Gasteiger partial charge in [0.05, 0.1) is 23.8 Å². The van der Waals surface area contributed by atoms with Crippen LogP contribution in [0.15, 0.2) is 52.9 Å². The third-order valence-corrected chi connectivity index (χ3v) is 5.51. The molecule has 0 bridgehead atoms. The lowest BCUT2D eigenvalue weighted by molar-refractivity contribution is 0.0373. The van der Waals surface area contributed by atoms with Gasteiger partial charge in [0.2, 0.25) is 0 Å². The fourth-order valence-electron chi connectivity index (χ4n) is 3.44. The zero-order chi connectivity index (χ0) is 22.2. The summed E-state index contributed by atoms with van der Waals surface area (Å²) in [6, 6.07) is 14.5. The first-order valence-corrected chi connectivity index (χ1v) is 11.1. The molecule has 1 fully saturated rings. The smallest absolute Gasteiger partial charge is 0.315 e. The molecule has 32 heavy (non-hydrogen) atoms. The number of hydrogen-bond acceptors (Lipinski definition) is 7. The maximum absolute atomic E-state index is 12.3. The standard InChI is InChI=1S/C23H26ClN5O3/c24-20-16-18(26-21(30)17-6-2-1-3-7-17)8-9-19(20)22-27-28-23(32-22)25-10-4-5-11-29-12-14-31-15-13-29/h1-3,6-9,16H,4-5,10-15H2,(H,25,28)(H,26,30). The minimum absolute atomic E-state index is 0.202. The van der Waals surface area contributed by atoms with Crippen molar-refractivity contribution < 1.29 is 13.9 Å². The second-order valence-electron chi connectivity index (χ2n) is 7.52. The van der Waals surface area contributed by atoms with Gasteiger partial charge in [-0.2, -0.15) is 0 Å². The maximum Gasteiger partial charge on any atom is 0.315 e. The van der Waals surface area contributed by atoms with Crippen LogP contribution in [-0.4, -0.2) is 60.4 Å². The van der Waals surface area contributed by atoms with Crippen LogP contribution < -0.4 is 10.6 Å². The number of nitrogens with zero attached hydrogens (tertiary/aromatic N) is 3. The van der Waals surface area contributed by atoms with Crippen molar-refractivity contribution in [3.63, 3.8) is 0 Å². The Morgan fingerprint density at radius 3 is 2.66 bits per heavy atom. The van der Waals surface area contributed by atoms with Crippen molar-refractivity contribution >= 4 is 29.2 Å². The zero-order valence-corrected chi connectivity index (χ0v) is 18.5. The molecule has 2 N–H and O–H groups in total. The lowest BCUT2D eigenvalue weighted by Crippen LogP contribution is -2.36. The van der Waals surface area contributed by atoms with E-state index in [-0.39, 0.29) is 5.91 Å². The van der Waals surface area contributed by atoms with Gasteiger partial charge < -0.3 is 19.8 Å². The summed E-state index contributed by atoms with van der Waals surface area (Å²) in [5.41, 5.74) is 1.77. The second kappa shape index (κ2) is 11.1. The highest BCUT2D eigenvalue weighted by molar-refractivity contribution is 6.33. The Balaban J connectivity index is 1.27. The number of carbonyl (C=O) groups excluding carboxylic acids is 1. The minimum atomic E-state index is -0.202. The van der Waals surface area contributed by atoms with Crippen LogP contribution in [0.2, 0.25) is 5.02 Å². The number of nitrogens with one attached hydrogen (secondary N) is 2. The predicted octanol–water partition coefficient (Wildman–Crippen LogP) is 4.17. The minimum Gasteiger partial charge on any atom is -0.403 e. The highest BCUT2D eigenvalue weighted by Crippen LogP contribution is 2.30. The van der Waals surface area contributed by atoms with Gasteiger partial charge in [-0.15, -0.1) is 5.10 Å². The topological polar surface area (TPSA) is 92.5 Å². The first kappa shape index (κ1) is 22.3. The van der Waals surface area contributed by atoms with Crippen molar-refractivity contribution in [2.45, 2.75) is 12.8 Å². The average Bonchev–Trinajstić information content (AvgIpc) is 3.29. The van der Waals surface area contributed by atoms with Gasteiger partial charge in [-0.3, -0.25) is 9.69 Å². The van der Waals surface area contributed by atoms with E-state index in [0.29, 0.717) is 33.7 Å². The van der Waals surface area contributed by atoms with Gasteiger partial charge in [0.25, 0.3) is 11.8 Å². The summed E-state index contributed by atoms with van der Waals surface area (Å²) in [6.07, 6.45) is 2.10. The molecule has 0 atom stereocenters. The molecule has 1 aliphatic rings. The zero-order valence-electron chi connectivity index (χ0n) is 17.7. The van der Waals surface area contributed by atoms with E-state index in [1.807, 2.05) is 18.2 Å². The highest BCUT2D eigenvalue weighted by atomic mass is 35.5. The van der Waals surface area contributed by atoms with Gasteiger partial charge in [-0.1, -0.05) is 34.9 Å². The van der Waals surface area contributed by atoms with E-state index in [0.717, 1.165) is 52.2 Å². The fraction of sp³-hybridized carbons (Fsp3) is 0.348. The van der Waals surface area contributed by atoms with Crippen LogP contribution in [0.25, 0.3) is 11.5 Å². The predicted molar refractivity (Wildman–Crippen MR) is 124 cm³/mol. The lowest BCUT2D eigenvalue weighted by Gasteiger charge is -2.26. The number of halogens is 1. The Labute approximate surface area is 191 Å². The van der Waals surface area contributed by atoms with E-state index in [1.165, 1.54) is 0 Å². The molecule has 4 rings (SSSR count). The molecule has 0 saturated carbocycles. The van der Waals surface area contributed by atoms with Crippen LogP contribution in [0.4, 0.5) is 11.7 Å². The quantitative estimate of drug-likeness (QED) is 0.468. The van der Waals surface area contributed by atoms with E-state index in [2.05, 4.69) is 25.7 Å². The number of aromatic nitrogens is 2. The lowest BCUT2D eigenvalue weighted by atomic mass is 10.2. The van der Waals surface area contributed by atoms with Crippen LogP contribution in [0, 0.1) is 0 Å².